The molecular weight excluding hydrogens is 242 g/mol. The molecule has 19 heavy (non-hydrogen) atoms. The van der Waals surface area contributed by atoms with Crippen molar-refractivity contribution < 1.29 is 13.9 Å². The van der Waals surface area contributed by atoms with Gasteiger partial charge in [0, 0.05) is 19.2 Å². The second-order valence-electron chi connectivity index (χ2n) is 5.75. The lowest BCUT2D eigenvalue weighted by atomic mass is 9.98. The normalized spacial score (nSPS) is 29.8. The Balaban J connectivity index is 1.84. The highest BCUT2D eigenvalue weighted by Gasteiger charge is 2.44. The van der Waals surface area contributed by atoms with Gasteiger partial charge >= 0.3 is 0 Å². The molecule has 1 aromatic heterocycles. The molecule has 2 unspecified atom stereocenters. The van der Waals surface area contributed by atoms with Gasteiger partial charge in [-0.3, -0.25) is 4.79 Å². The van der Waals surface area contributed by atoms with E-state index >= 15 is 0 Å². The van der Waals surface area contributed by atoms with E-state index < -0.39 is 0 Å². The molecule has 4 nitrogen and oxygen atoms in total. The predicted molar refractivity (Wildman–Crippen MR) is 71.2 cm³/mol. The van der Waals surface area contributed by atoms with Crippen LogP contribution in [0, 0.1) is 13.8 Å². The molecule has 0 N–H and O–H groups in total. The van der Waals surface area contributed by atoms with Crippen molar-refractivity contribution in [1.82, 2.24) is 4.90 Å². The number of ether oxygens (including phenoxy) is 1. The van der Waals surface area contributed by atoms with E-state index in [9.17, 15) is 4.79 Å². The fraction of sp³-hybridized carbons (Fsp3) is 0.667. The Bertz CT molecular complexity index is 480. The van der Waals surface area contributed by atoms with E-state index in [1.165, 1.54) is 0 Å². The number of carbonyl (C=O) groups excluding carboxylic acids is 1. The largest absolute Gasteiger partial charge is 0.466 e. The highest BCUT2D eigenvalue weighted by Crippen LogP contribution is 2.38. The lowest BCUT2D eigenvalue weighted by Gasteiger charge is -2.38. The number of hydrogen-bond acceptors (Lipinski definition) is 3. The van der Waals surface area contributed by atoms with Gasteiger partial charge < -0.3 is 14.1 Å². The number of furan rings is 1. The van der Waals surface area contributed by atoms with Crippen LogP contribution >= 0.6 is 0 Å². The molecule has 0 radical (unpaired) electrons. The van der Waals surface area contributed by atoms with Crippen molar-refractivity contribution >= 4 is 5.91 Å². The van der Waals surface area contributed by atoms with Crippen LogP contribution < -0.4 is 0 Å². The standard InChI is InChI=1S/C15H21NO3/c1-9-6-14(10(2)19-9)15(17)16-11-4-5-12(16)8-13(7-11)18-3/h6,11-13H,4-5,7-8H2,1-3H3. The minimum atomic E-state index is 0.136. The fourth-order valence-electron chi connectivity index (χ4n) is 3.63. The van der Waals surface area contributed by atoms with E-state index in [0.29, 0.717) is 18.2 Å². The van der Waals surface area contributed by atoms with Crippen LogP contribution in [0.3, 0.4) is 0 Å². The van der Waals surface area contributed by atoms with Gasteiger partial charge in [-0.15, -0.1) is 0 Å². The molecule has 104 valence electrons. The molecule has 3 rings (SSSR count). The zero-order valence-electron chi connectivity index (χ0n) is 11.8. The number of hydrogen-bond donors (Lipinski definition) is 0. The van der Waals surface area contributed by atoms with E-state index in [-0.39, 0.29) is 5.91 Å². The summed E-state index contributed by atoms with van der Waals surface area (Å²) in [6, 6.07) is 2.54. The highest BCUT2D eigenvalue weighted by atomic mass is 16.5. The third kappa shape index (κ3) is 2.08. The van der Waals surface area contributed by atoms with Crippen LogP contribution in [0.25, 0.3) is 0 Å². The van der Waals surface area contributed by atoms with Gasteiger partial charge in [-0.05, 0) is 45.6 Å². The third-order valence-corrected chi connectivity index (χ3v) is 4.53. The topological polar surface area (TPSA) is 42.7 Å². The summed E-state index contributed by atoms with van der Waals surface area (Å²) in [6.45, 7) is 3.75. The van der Waals surface area contributed by atoms with Crippen molar-refractivity contribution in [3.8, 4) is 0 Å². The molecule has 0 aliphatic carbocycles. The number of carbonyl (C=O) groups is 1. The van der Waals surface area contributed by atoms with Crippen molar-refractivity contribution in [3.63, 3.8) is 0 Å². The summed E-state index contributed by atoms with van der Waals surface area (Å²) < 4.78 is 11.0. The molecule has 0 aromatic carbocycles. The van der Waals surface area contributed by atoms with Gasteiger partial charge in [-0.2, -0.15) is 0 Å². The first-order valence-corrected chi connectivity index (χ1v) is 7.02. The van der Waals surface area contributed by atoms with E-state index in [2.05, 4.69) is 4.90 Å². The van der Waals surface area contributed by atoms with E-state index in [4.69, 9.17) is 9.15 Å². The summed E-state index contributed by atoms with van der Waals surface area (Å²) in [6.07, 6.45) is 4.45. The Morgan fingerprint density at radius 1 is 1.32 bits per heavy atom. The Kier molecular flexibility index (Phi) is 3.13. The maximum Gasteiger partial charge on any atom is 0.257 e. The summed E-state index contributed by atoms with van der Waals surface area (Å²) in [4.78, 5) is 14.8. The van der Waals surface area contributed by atoms with Crippen molar-refractivity contribution in [1.29, 1.82) is 0 Å². The molecule has 3 heterocycles. The number of methoxy groups -OCH3 is 1. The van der Waals surface area contributed by atoms with Crippen LogP contribution in [-0.2, 0) is 4.74 Å². The molecule has 2 atom stereocenters. The predicted octanol–water partition coefficient (Wildman–Crippen LogP) is 2.68. The molecule has 2 saturated heterocycles. The second-order valence-corrected chi connectivity index (χ2v) is 5.75. The van der Waals surface area contributed by atoms with Crippen LogP contribution in [0.4, 0.5) is 0 Å². The van der Waals surface area contributed by atoms with Gasteiger partial charge in [0.15, 0.2) is 0 Å². The molecule has 4 heteroatoms. The Morgan fingerprint density at radius 2 is 1.95 bits per heavy atom. The summed E-state index contributed by atoms with van der Waals surface area (Å²) in [7, 11) is 1.77. The molecule has 2 fully saturated rings. The first-order chi connectivity index (χ1) is 9.10. The van der Waals surface area contributed by atoms with Gasteiger partial charge in [-0.1, -0.05) is 0 Å². The van der Waals surface area contributed by atoms with Crippen LogP contribution in [0.15, 0.2) is 10.5 Å². The highest BCUT2D eigenvalue weighted by molar-refractivity contribution is 5.96. The van der Waals surface area contributed by atoms with Crippen molar-refractivity contribution in [2.45, 2.75) is 57.7 Å². The van der Waals surface area contributed by atoms with E-state index in [1.54, 1.807) is 7.11 Å². The van der Waals surface area contributed by atoms with Crippen LogP contribution in [0.1, 0.15) is 47.6 Å². The number of rotatable bonds is 2. The summed E-state index contributed by atoms with van der Waals surface area (Å²) in [5.41, 5.74) is 0.727. The minimum absolute atomic E-state index is 0.136. The number of aryl methyl sites for hydroxylation is 2. The number of fused-ring (bicyclic) bond motifs is 2. The minimum Gasteiger partial charge on any atom is -0.466 e. The second kappa shape index (κ2) is 4.67. The van der Waals surface area contributed by atoms with E-state index in [0.717, 1.165) is 42.8 Å². The quantitative estimate of drug-likeness (QED) is 0.824. The third-order valence-electron chi connectivity index (χ3n) is 4.53. The van der Waals surface area contributed by atoms with Gasteiger partial charge in [0.1, 0.15) is 11.5 Å². The maximum absolute atomic E-state index is 12.7. The molecule has 0 saturated carbocycles. The summed E-state index contributed by atoms with van der Waals surface area (Å²) in [5.74, 6) is 1.67. The van der Waals surface area contributed by atoms with Gasteiger partial charge in [-0.25, -0.2) is 0 Å². The fourth-order valence-corrected chi connectivity index (χ4v) is 3.63. The average Bonchev–Trinajstić information content (AvgIpc) is 2.85. The molecule has 1 aromatic rings. The molecule has 2 aliphatic heterocycles. The maximum atomic E-state index is 12.7. The Hall–Kier alpha value is -1.29. The smallest absolute Gasteiger partial charge is 0.257 e. The van der Waals surface area contributed by atoms with Gasteiger partial charge in [0.25, 0.3) is 5.91 Å². The summed E-state index contributed by atoms with van der Waals surface area (Å²) >= 11 is 0. The molecular formula is C15H21NO3. The summed E-state index contributed by atoms with van der Waals surface area (Å²) in [5, 5.41) is 0. The Morgan fingerprint density at radius 3 is 2.42 bits per heavy atom. The first kappa shape index (κ1) is 12.7. The molecule has 0 spiro atoms. The zero-order valence-corrected chi connectivity index (χ0v) is 11.8. The average molecular weight is 263 g/mol. The number of nitrogens with zero attached hydrogens (tertiary/aromatic N) is 1. The van der Waals surface area contributed by atoms with Gasteiger partial charge in [0.2, 0.25) is 0 Å². The van der Waals surface area contributed by atoms with Crippen molar-refractivity contribution in [2.75, 3.05) is 7.11 Å². The van der Waals surface area contributed by atoms with Crippen LogP contribution in [-0.4, -0.2) is 36.1 Å². The number of amides is 1. The lowest BCUT2D eigenvalue weighted by Crippen LogP contribution is -2.48. The van der Waals surface area contributed by atoms with Gasteiger partial charge in [0.05, 0.1) is 11.7 Å². The lowest BCUT2D eigenvalue weighted by molar-refractivity contribution is 0.00815. The van der Waals surface area contributed by atoms with E-state index in [1.807, 2.05) is 19.9 Å². The Labute approximate surface area is 113 Å². The van der Waals surface area contributed by atoms with Crippen molar-refractivity contribution in [3.05, 3.63) is 23.2 Å². The molecule has 2 aliphatic rings. The zero-order chi connectivity index (χ0) is 13.6. The van der Waals surface area contributed by atoms with Crippen molar-refractivity contribution in [2.24, 2.45) is 0 Å². The SMILES string of the molecule is COC1CC2CCC(C1)N2C(=O)c1cc(C)oc1C. The molecule has 2 bridgehead atoms. The number of piperidine rings is 1. The van der Waals surface area contributed by atoms with Crippen LogP contribution in [0.5, 0.6) is 0 Å². The first-order valence-electron chi connectivity index (χ1n) is 7.02. The van der Waals surface area contributed by atoms with Crippen LogP contribution in [0.2, 0.25) is 0 Å². The molecule has 1 amide bonds. The monoisotopic (exact) mass is 263 g/mol.